The highest BCUT2D eigenvalue weighted by atomic mass is 16.5. The Morgan fingerprint density at radius 1 is 1.60 bits per heavy atom. The second-order valence-electron chi connectivity index (χ2n) is 3.47. The Morgan fingerprint density at radius 2 is 2.33 bits per heavy atom. The van der Waals surface area contributed by atoms with E-state index in [1.54, 1.807) is 12.1 Å². The summed E-state index contributed by atoms with van der Waals surface area (Å²) < 4.78 is 5.43. The first-order chi connectivity index (χ1) is 7.13. The van der Waals surface area contributed by atoms with Crippen LogP contribution < -0.4 is 4.74 Å². The summed E-state index contributed by atoms with van der Waals surface area (Å²) in [5.41, 5.74) is 2.38. The van der Waals surface area contributed by atoms with E-state index in [4.69, 9.17) is 10.00 Å². The zero-order chi connectivity index (χ0) is 11.3. The fourth-order valence-corrected chi connectivity index (χ4v) is 1.05. The Bertz CT molecular complexity index is 405. The molecule has 3 heteroatoms. The maximum Gasteiger partial charge on any atom is 0.231 e. The van der Waals surface area contributed by atoms with E-state index < -0.39 is 0 Å². The maximum atomic E-state index is 8.83. The van der Waals surface area contributed by atoms with Gasteiger partial charge in [0.2, 0.25) is 5.88 Å². The highest BCUT2D eigenvalue weighted by Crippen LogP contribution is 2.15. The van der Waals surface area contributed by atoms with Gasteiger partial charge in [-0.15, -0.1) is 6.58 Å². The molecule has 0 aliphatic carbocycles. The number of nitrogens with zero attached hydrogens (tertiary/aromatic N) is 2. The van der Waals surface area contributed by atoms with Crippen LogP contribution in [0.3, 0.4) is 0 Å². The van der Waals surface area contributed by atoms with Gasteiger partial charge in [0.15, 0.2) is 0 Å². The molecule has 0 saturated carbocycles. The first-order valence-corrected chi connectivity index (χ1v) is 4.78. The zero-order valence-electron chi connectivity index (χ0n) is 9.08. The number of rotatable bonds is 4. The molecule has 0 atom stereocenters. The topological polar surface area (TPSA) is 45.9 Å². The maximum absolute atomic E-state index is 8.83. The summed E-state index contributed by atoms with van der Waals surface area (Å²) in [6.45, 7) is 8.11. The lowest BCUT2D eigenvalue weighted by molar-refractivity contribution is 0.308. The number of aromatic nitrogens is 1. The molecule has 0 N–H and O–H groups in total. The van der Waals surface area contributed by atoms with Crippen molar-refractivity contribution in [1.29, 1.82) is 5.26 Å². The van der Waals surface area contributed by atoms with E-state index in [-0.39, 0.29) is 0 Å². The minimum Gasteiger partial charge on any atom is -0.476 e. The van der Waals surface area contributed by atoms with E-state index >= 15 is 0 Å². The molecule has 0 unspecified atom stereocenters. The second kappa shape index (κ2) is 5.16. The molecule has 1 aromatic rings. The molecule has 0 bridgehead atoms. The van der Waals surface area contributed by atoms with E-state index in [1.165, 1.54) is 0 Å². The minimum atomic E-state index is 0.416. The van der Waals surface area contributed by atoms with Crippen molar-refractivity contribution in [1.82, 2.24) is 4.98 Å². The molecule has 0 fully saturated rings. The van der Waals surface area contributed by atoms with Gasteiger partial charge in [-0.25, -0.2) is 4.98 Å². The third kappa shape index (κ3) is 3.43. The largest absolute Gasteiger partial charge is 0.476 e. The highest BCUT2D eigenvalue weighted by Gasteiger charge is 2.04. The average molecular weight is 202 g/mol. The molecule has 0 saturated heterocycles. The van der Waals surface area contributed by atoms with Gasteiger partial charge in [0.05, 0.1) is 6.61 Å². The van der Waals surface area contributed by atoms with E-state index in [9.17, 15) is 0 Å². The van der Waals surface area contributed by atoms with Crippen molar-refractivity contribution in [2.75, 3.05) is 6.61 Å². The van der Waals surface area contributed by atoms with Crippen molar-refractivity contribution in [3.63, 3.8) is 0 Å². The van der Waals surface area contributed by atoms with Crippen molar-refractivity contribution in [3.8, 4) is 11.9 Å². The molecule has 0 aliphatic rings. The molecule has 0 amide bonds. The number of aryl methyl sites for hydroxylation is 1. The fraction of sp³-hybridized carbons (Fsp3) is 0.333. The van der Waals surface area contributed by atoms with Crippen LogP contribution in [0.15, 0.2) is 24.3 Å². The Balaban J connectivity index is 2.71. The van der Waals surface area contributed by atoms with E-state index in [1.807, 2.05) is 13.8 Å². The van der Waals surface area contributed by atoms with Crippen LogP contribution in [0.25, 0.3) is 0 Å². The van der Waals surface area contributed by atoms with Gasteiger partial charge in [0.1, 0.15) is 11.6 Å². The van der Waals surface area contributed by atoms with Gasteiger partial charge in [-0.05, 0) is 26.0 Å². The fourth-order valence-electron chi connectivity index (χ4n) is 1.05. The van der Waals surface area contributed by atoms with Gasteiger partial charge in [-0.3, -0.25) is 0 Å². The quantitative estimate of drug-likeness (QED) is 0.705. The van der Waals surface area contributed by atoms with Crippen molar-refractivity contribution < 1.29 is 4.74 Å². The highest BCUT2D eigenvalue weighted by molar-refractivity contribution is 5.38. The summed E-state index contributed by atoms with van der Waals surface area (Å²) in [6.07, 6.45) is 0.778. The smallest absolute Gasteiger partial charge is 0.231 e. The molecule has 1 aromatic heterocycles. The summed E-state index contributed by atoms with van der Waals surface area (Å²) >= 11 is 0. The van der Waals surface area contributed by atoms with Crippen molar-refractivity contribution in [2.45, 2.75) is 20.3 Å². The Labute approximate surface area is 90.0 Å². The number of ether oxygens (including phenoxy) is 1. The van der Waals surface area contributed by atoms with Crippen LogP contribution in [-0.4, -0.2) is 11.6 Å². The van der Waals surface area contributed by atoms with Crippen molar-refractivity contribution in [2.24, 2.45) is 0 Å². The molecule has 1 rings (SSSR count). The Morgan fingerprint density at radius 3 is 2.93 bits per heavy atom. The van der Waals surface area contributed by atoms with Crippen LogP contribution in [0, 0.1) is 18.3 Å². The molecule has 0 radical (unpaired) electrons. The summed E-state index contributed by atoms with van der Waals surface area (Å²) in [5, 5.41) is 8.83. The third-order valence-corrected chi connectivity index (χ3v) is 1.89. The predicted molar refractivity (Wildman–Crippen MR) is 58.6 cm³/mol. The standard InChI is InChI=1S/C12H14N2O/c1-9(2)6-7-15-12-11(8-13)5-4-10(3)14-12/h4-5H,1,6-7H2,2-3H3. The van der Waals surface area contributed by atoms with Crippen molar-refractivity contribution >= 4 is 0 Å². The van der Waals surface area contributed by atoms with Gasteiger partial charge >= 0.3 is 0 Å². The van der Waals surface area contributed by atoms with Crippen LogP contribution in [0.4, 0.5) is 0 Å². The van der Waals surface area contributed by atoms with Crippen LogP contribution in [0.5, 0.6) is 5.88 Å². The molecule has 0 spiro atoms. The predicted octanol–water partition coefficient (Wildman–Crippen LogP) is 2.61. The Kier molecular flexibility index (Phi) is 3.87. The first-order valence-electron chi connectivity index (χ1n) is 4.78. The number of pyridine rings is 1. The molecule has 15 heavy (non-hydrogen) atoms. The average Bonchev–Trinajstić information content (AvgIpc) is 2.17. The zero-order valence-corrected chi connectivity index (χ0v) is 9.08. The van der Waals surface area contributed by atoms with Gasteiger partial charge < -0.3 is 4.74 Å². The SMILES string of the molecule is C=C(C)CCOc1nc(C)ccc1C#N. The lowest BCUT2D eigenvalue weighted by atomic mass is 10.2. The van der Waals surface area contributed by atoms with Crippen LogP contribution in [0.1, 0.15) is 24.6 Å². The lowest BCUT2D eigenvalue weighted by Crippen LogP contribution is -2.02. The summed E-state index contributed by atoms with van der Waals surface area (Å²) in [4.78, 5) is 4.17. The van der Waals surface area contributed by atoms with E-state index in [2.05, 4.69) is 17.6 Å². The molecular weight excluding hydrogens is 188 g/mol. The first kappa shape index (κ1) is 11.3. The third-order valence-electron chi connectivity index (χ3n) is 1.89. The van der Waals surface area contributed by atoms with Gasteiger partial charge in [-0.2, -0.15) is 5.26 Å². The van der Waals surface area contributed by atoms with Gasteiger partial charge in [-0.1, -0.05) is 5.57 Å². The molecule has 3 nitrogen and oxygen atoms in total. The monoisotopic (exact) mass is 202 g/mol. The molecule has 0 aromatic carbocycles. The molecule has 78 valence electrons. The van der Waals surface area contributed by atoms with E-state index in [0.29, 0.717) is 18.1 Å². The summed E-state index contributed by atoms with van der Waals surface area (Å²) in [6, 6.07) is 5.57. The van der Waals surface area contributed by atoms with Gasteiger partial charge in [0, 0.05) is 12.1 Å². The number of hydrogen-bond donors (Lipinski definition) is 0. The lowest BCUT2D eigenvalue weighted by Gasteiger charge is -2.06. The van der Waals surface area contributed by atoms with Crippen LogP contribution >= 0.6 is 0 Å². The molecule has 1 heterocycles. The molecular formula is C12H14N2O. The van der Waals surface area contributed by atoms with Crippen LogP contribution in [0.2, 0.25) is 0 Å². The number of hydrogen-bond acceptors (Lipinski definition) is 3. The van der Waals surface area contributed by atoms with Gasteiger partial charge in [0.25, 0.3) is 0 Å². The second-order valence-corrected chi connectivity index (χ2v) is 3.47. The minimum absolute atomic E-state index is 0.416. The summed E-state index contributed by atoms with van der Waals surface area (Å²) in [7, 11) is 0. The van der Waals surface area contributed by atoms with Crippen LogP contribution in [-0.2, 0) is 0 Å². The summed E-state index contributed by atoms with van der Waals surface area (Å²) in [5.74, 6) is 0.416. The molecule has 0 aliphatic heterocycles. The van der Waals surface area contributed by atoms with Crippen molar-refractivity contribution in [3.05, 3.63) is 35.5 Å². The normalized spacial score (nSPS) is 9.40. The number of nitriles is 1. The Hall–Kier alpha value is -1.82. The van der Waals surface area contributed by atoms with E-state index in [0.717, 1.165) is 17.7 Å².